The van der Waals surface area contributed by atoms with E-state index in [0.717, 1.165) is 36.0 Å². The first kappa shape index (κ1) is 37.1. The number of imide groups is 1. The zero-order valence-electron chi connectivity index (χ0n) is 30.4. The van der Waals surface area contributed by atoms with Gasteiger partial charge in [0.1, 0.15) is 12.4 Å². The van der Waals surface area contributed by atoms with E-state index in [9.17, 15) is 28.8 Å². The molecule has 0 spiro atoms. The number of carbonyl (C=O) groups is 6. The van der Waals surface area contributed by atoms with Crippen molar-refractivity contribution in [2.24, 2.45) is 29.6 Å². The number of pyridine rings is 1. The molecule has 0 radical (unpaired) electrons. The molecule has 2 N–H and O–H groups in total. The number of amides is 4. The number of rotatable bonds is 16. The molecule has 55 heavy (non-hydrogen) atoms. The lowest BCUT2D eigenvalue weighted by Gasteiger charge is -2.17. The van der Waals surface area contributed by atoms with Gasteiger partial charge in [0.25, 0.3) is 5.91 Å². The van der Waals surface area contributed by atoms with Gasteiger partial charge < -0.3 is 20.1 Å². The summed E-state index contributed by atoms with van der Waals surface area (Å²) in [5, 5.41) is 7.14. The molecular weight excluding hydrogens is 721 g/mol. The third kappa shape index (κ3) is 7.69. The van der Waals surface area contributed by atoms with Gasteiger partial charge >= 0.3 is 5.97 Å². The van der Waals surface area contributed by atoms with E-state index >= 15 is 0 Å². The average Bonchev–Trinajstić information content (AvgIpc) is 4.01. The number of hydrogen-bond acceptors (Lipinski definition) is 10. The molecule has 4 amide bonds. The lowest BCUT2D eigenvalue weighted by atomic mass is 9.85. The molecule has 2 bridgehead atoms. The van der Waals surface area contributed by atoms with Crippen LogP contribution in [-0.2, 0) is 40.1 Å². The van der Waals surface area contributed by atoms with Gasteiger partial charge in [-0.1, -0.05) is 24.3 Å². The van der Waals surface area contributed by atoms with Crippen LogP contribution in [0.1, 0.15) is 67.3 Å². The molecule has 2 aromatic carbocycles. The molecule has 2 aliphatic carbocycles. The van der Waals surface area contributed by atoms with Gasteiger partial charge in [0.15, 0.2) is 0 Å². The number of anilines is 2. The fourth-order valence-corrected chi connectivity index (χ4v) is 10.6. The van der Waals surface area contributed by atoms with Gasteiger partial charge in [0.05, 0.1) is 41.8 Å². The fourth-order valence-electron chi connectivity index (χ4n) is 8.96. The van der Waals surface area contributed by atoms with Crippen molar-refractivity contribution in [3.05, 3.63) is 78.0 Å². The van der Waals surface area contributed by atoms with Crippen LogP contribution in [-0.4, -0.2) is 70.6 Å². The number of allylic oxidation sites excluding steroid dienone is 2. The zero-order chi connectivity index (χ0) is 38.1. The zero-order valence-corrected chi connectivity index (χ0v) is 31.3. The normalized spacial score (nSPS) is 26.1. The van der Waals surface area contributed by atoms with Gasteiger partial charge in [-0.15, -0.1) is 0 Å². The van der Waals surface area contributed by atoms with Crippen LogP contribution in [0.5, 0.6) is 0 Å². The number of benzene rings is 2. The summed E-state index contributed by atoms with van der Waals surface area (Å²) in [5.41, 5.74) is 2.57. The highest BCUT2D eigenvalue weighted by Crippen LogP contribution is 2.53. The summed E-state index contributed by atoms with van der Waals surface area (Å²) in [6.07, 6.45) is 10.6. The molecule has 12 nitrogen and oxygen atoms in total. The highest BCUT2D eigenvalue weighted by atomic mass is 32.2. The third-order valence-electron chi connectivity index (χ3n) is 11.7. The molecule has 5 aliphatic rings. The molecule has 4 heterocycles. The maximum Gasteiger partial charge on any atom is 0.308 e. The van der Waals surface area contributed by atoms with Crippen molar-refractivity contribution in [2.75, 3.05) is 29.2 Å². The molecule has 3 saturated heterocycles. The molecular formula is C42H44N4O8S. The van der Waals surface area contributed by atoms with Crippen LogP contribution < -0.4 is 15.5 Å². The summed E-state index contributed by atoms with van der Waals surface area (Å²) in [5.74, 6) is 0.368. The molecule has 7 atom stereocenters. The van der Waals surface area contributed by atoms with Crippen molar-refractivity contribution in [3.63, 3.8) is 0 Å². The lowest BCUT2D eigenvalue weighted by molar-refractivity contribution is -0.146. The SMILES string of the molecule is O=C(CCCOCCC(=O)OCc1ccnc2c(NC(=O)c3ccc(N4C(=O)C5C6C=CC(C6)C5C4=O)cc3)cccc12)CCCC1SCC2CC(=O)NC21. The number of nitrogens with one attached hydrogen (secondary N) is 2. The molecule has 4 fully saturated rings. The van der Waals surface area contributed by atoms with Crippen LogP contribution >= 0.6 is 11.8 Å². The maximum absolute atomic E-state index is 13.3. The monoisotopic (exact) mass is 764 g/mol. The number of carbonyl (C=O) groups excluding carboxylic acids is 6. The number of thioether (sulfide) groups is 1. The highest BCUT2D eigenvalue weighted by molar-refractivity contribution is 8.00. The van der Waals surface area contributed by atoms with Gasteiger partial charge in [-0.2, -0.15) is 11.8 Å². The Hall–Kier alpha value is -4.88. The summed E-state index contributed by atoms with van der Waals surface area (Å²) in [4.78, 5) is 82.0. The minimum atomic E-state index is -0.413. The van der Waals surface area contributed by atoms with Gasteiger partial charge in [0, 0.05) is 59.9 Å². The second-order valence-corrected chi connectivity index (χ2v) is 16.4. The van der Waals surface area contributed by atoms with E-state index in [1.807, 2.05) is 17.8 Å². The topological polar surface area (TPSA) is 161 Å². The number of ketones is 1. The lowest BCUT2D eigenvalue weighted by Crippen LogP contribution is -2.34. The van der Waals surface area contributed by atoms with E-state index < -0.39 is 5.97 Å². The molecule has 13 heteroatoms. The van der Waals surface area contributed by atoms with E-state index in [1.54, 1.807) is 48.7 Å². The molecule has 1 aromatic heterocycles. The van der Waals surface area contributed by atoms with Crippen LogP contribution in [0.4, 0.5) is 11.4 Å². The van der Waals surface area contributed by atoms with Crippen LogP contribution in [0.25, 0.3) is 10.9 Å². The maximum atomic E-state index is 13.3. The van der Waals surface area contributed by atoms with Gasteiger partial charge in [-0.05, 0) is 85.6 Å². The second-order valence-electron chi connectivity index (χ2n) is 15.2. The van der Waals surface area contributed by atoms with E-state index in [2.05, 4.69) is 27.8 Å². The van der Waals surface area contributed by atoms with Crippen molar-refractivity contribution < 1.29 is 38.2 Å². The number of aromatic nitrogens is 1. The fraction of sp³-hybridized carbons (Fsp3) is 0.452. The number of hydrogen-bond donors (Lipinski definition) is 2. The molecule has 7 unspecified atom stereocenters. The number of para-hydroxylation sites is 1. The predicted octanol–water partition coefficient (Wildman–Crippen LogP) is 5.39. The van der Waals surface area contributed by atoms with Gasteiger partial charge in [0.2, 0.25) is 17.7 Å². The predicted molar refractivity (Wildman–Crippen MR) is 206 cm³/mol. The Labute approximate surface area is 323 Å². The van der Waals surface area contributed by atoms with E-state index in [-0.39, 0.29) is 78.8 Å². The van der Waals surface area contributed by atoms with Crippen LogP contribution in [0.3, 0.4) is 0 Å². The number of Topliss-reactive ketones (excluding diaryl/α,β-unsaturated/α-hetero) is 1. The van der Waals surface area contributed by atoms with Crippen molar-refractivity contribution in [1.29, 1.82) is 0 Å². The Kier molecular flexibility index (Phi) is 10.8. The largest absolute Gasteiger partial charge is 0.461 e. The number of ether oxygens (including phenoxy) is 2. The molecule has 1 saturated carbocycles. The molecule has 3 aliphatic heterocycles. The smallest absolute Gasteiger partial charge is 0.308 e. The Morgan fingerprint density at radius 1 is 0.909 bits per heavy atom. The average molecular weight is 765 g/mol. The minimum absolute atomic E-state index is 0.0194. The quantitative estimate of drug-likeness (QED) is 0.0838. The Morgan fingerprint density at radius 2 is 1.67 bits per heavy atom. The Bertz CT molecular complexity index is 2020. The standard InChI is InChI=1S/C42H44N4O8S/c47-30(4-1-8-33-38-28(23-55-33)21-34(48)45-38)5-3-18-53-19-16-35(49)54-22-27-15-17-43-39-31(27)6-2-7-32(39)44-40(50)24-11-13-29(14-12-24)46-41(51)36-25-9-10-26(20-25)37(36)42(46)52/h2,6-7,9-15,17,25-26,28,33,36-38H,1,3-5,8,16,18-23H2,(H,44,50)(H,45,48). The molecule has 8 rings (SSSR count). The first-order valence-corrected chi connectivity index (χ1v) is 20.3. The number of nitrogens with zero attached hydrogens (tertiary/aromatic N) is 2. The van der Waals surface area contributed by atoms with Crippen LogP contribution in [0.15, 0.2) is 66.9 Å². The summed E-state index contributed by atoms with van der Waals surface area (Å²) in [6.45, 7) is 0.600. The number of esters is 1. The van der Waals surface area contributed by atoms with Gasteiger partial charge in [-0.3, -0.25) is 38.7 Å². The number of fused-ring (bicyclic) bond motifs is 7. The second kappa shape index (κ2) is 16.1. The first-order chi connectivity index (χ1) is 26.7. The van der Waals surface area contributed by atoms with Gasteiger partial charge in [-0.25, -0.2) is 0 Å². The van der Waals surface area contributed by atoms with Crippen molar-refractivity contribution in [1.82, 2.24) is 10.3 Å². The minimum Gasteiger partial charge on any atom is -0.461 e. The summed E-state index contributed by atoms with van der Waals surface area (Å²) < 4.78 is 11.1. The first-order valence-electron chi connectivity index (χ1n) is 19.3. The Balaban J connectivity index is 0.756. The van der Waals surface area contributed by atoms with E-state index in [4.69, 9.17) is 9.47 Å². The Morgan fingerprint density at radius 3 is 2.45 bits per heavy atom. The summed E-state index contributed by atoms with van der Waals surface area (Å²) in [7, 11) is 0. The third-order valence-corrected chi connectivity index (χ3v) is 13.3. The van der Waals surface area contributed by atoms with Crippen LogP contribution in [0, 0.1) is 29.6 Å². The molecule has 3 aromatic rings. The van der Waals surface area contributed by atoms with E-state index in [0.29, 0.717) is 65.9 Å². The van der Waals surface area contributed by atoms with Crippen molar-refractivity contribution in [2.45, 2.75) is 69.3 Å². The summed E-state index contributed by atoms with van der Waals surface area (Å²) in [6, 6.07) is 13.9. The van der Waals surface area contributed by atoms with Crippen molar-refractivity contribution in [3.8, 4) is 0 Å². The van der Waals surface area contributed by atoms with Crippen LogP contribution in [0.2, 0.25) is 0 Å². The molecule has 286 valence electrons. The van der Waals surface area contributed by atoms with E-state index in [1.165, 1.54) is 4.90 Å². The van der Waals surface area contributed by atoms with Crippen molar-refractivity contribution >= 4 is 69.4 Å². The summed E-state index contributed by atoms with van der Waals surface area (Å²) >= 11 is 1.91. The highest BCUT2D eigenvalue weighted by Gasteiger charge is 2.59.